The van der Waals surface area contributed by atoms with Gasteiger partial charge in [-0.3, -0.25) is 14.0 Å². The van der Waals surface area contributed by atoms with Crippen LogP contribution < -0.4 is 5.73 Å². The van der Waals surface area contributed by atoms with E-state index in [-0.39, 0.29) is 19.3 Å². The molecule has 0 unspecified atom stereocenters. The number of aliphatic carboxylic acids is 2. The van der Waals surface area contributed by atoms with E-state index >= 15 is 0 Å². The topological polar surface area (TPSA) is 101 Å². The molecule has 4 N–H and O–H groups in total. The van der Waals surface area contributed by atoms with Crippen LogP contribution in [-0.2, 0) is 9.59 Å². The van der Waals surface area contributed by atoms with Crippen molar-refractivity contribution >= 4 is 11.9 Å². The Labute approximate surface area is 80.7 Å². The van der Waals surface area contributed by atoms with Crippen LogP contribution >= 0.6 is 0 Å². The van der Waals surface area contributed by atoms with E-state index in [0.29, 0.717) is 0 Å². The van der Waals surface area contributed by atoms with Crippen molar-refractivity contribution in [2.24, 2.45) is 11.7 Å². The summed E-state index contributed by atoms with van der Waals surface area (Å²) < 4.78 is 11.8. The van der Waals surface area contributed by atoms with Crippen molar-refractivity contribution in [1.82, 2.24) is 0 Å². The van der Waals surface area contributed by atoms with Crippen molar-refractivity contribution in [3.8, 4) is 0 Å². The smallest absolute Gasteiger partial charge is 0.320 e. The van der Waals surface area contributed by atoms with E-state index in [1.807, 2.05) is 0 Å². The van der Waals surface area contributed by atoms with Gasteiger partial charge in [-0.2, -0.15) is 0 Å². The average Bonchev–Trinajstić information content (AvgIpc) is 2.10. The molecule has 0 saturated carbocycles. The predicted octanol–water partition coefficient (Wildman–Crippen LogP) is 0.239. The van der Waals surface area contributed by atoms with E-state index in [1.54, 1.807) is 0 Å². The van der Waals surface area contributed by atoms with Crippen LogP contribution in [0.2, 0.25) is 0 Å². The number of carbonyl (C=O) groups is 2. The van der Waals surface area contributed by atoms with Crippen molar-refractivity contribution in [2.45, 2.75) is 25.3 Å². The van der Waals surface area contributed by atoms with Crippen LogP contribution in [-0.4, -0.2) is 34.9 Å². The van der Waals surface area contributed by atoms with Gasteiger partial charge in [0, 0.05) is 0 Å². The van der Waals surface area contributed by atoms with E-state index < -0.39 is 30.6 Å². The molecule has 2 atom stereocenters. The normalized spacial score (nSPS) is 14.7. The van der Waals surface area contributed by atoms with Gasteiger partial charge < -0.3 is 15.9 Å². The Morgan fingerprint density at radius 2 is 1.86 bits per heavy atom. The van der Waals surface area contributed by atoms with Gasteiger partial charge in [0.05, 0.1) is 12.6 Å². The second-order valence-corrected chi connectivity index (χ2v) is 3.05. The largest absolute Gasteiger partial charge is 0.481 e. The summed E-state index contributed by atoms with van der Waals surface area (Å²) in [5.74, 6) is -3.25. The lowest BCUT2D eigenvalue weighted by atomic mass is 9.96. The van der Waals surface area contributed by atoms with Gasteiger partial charge in [0.1, 0.15) is 6.04 Å². The molecule has 0 aromatic heterocycles. The first-order valence-corrected chi connectivity index (χ1v) is 4.26. The van der Waals surface area contributed by atoms with E-state index in [1.165, 1.54) is 0 Å². The lowest BCUT2D eigenvalue weighted by molar-refractivity contribution is -0.143. The second-order valence-electron chi connectivity index (χ2n) is 3.05. The molecule has 0 heterocycles. The average molecular weight is 207 g/mol. The van der Waals surface area contributed by atoms with Crippen LogP contribution in [0.5, 0.6) is 0 Å². The molecule has 0 saturated heterocycles. The van der Waals surface area contributed by atoms with Crippen molar-refractivity contribution in [3.05, 3.63) is 0 Å². The van der Waals surface area contributed by atoms with Gasteiger partial charge in [0.15, 0.2) is 0 Å². The summed E-state index contributed by atoms with van der Waals surface area (Å²) in [6.45, 7) is -0.605. The standard InChI is InChI=1S/C8H14FNO4/c9-3-1-2-5(7(11)12)4-6(10)8(13)14/h5-6H,1-4,10H2,(H,11,12)(H,13,14)/t5-,6-/m0/s1. The van der Waals surface area contributed by atoms with Crippen LogP contribution in [0.25, 0.3) is 0 Å². The molecule has 82 valence electrons. The van der Waals surface area contributed by atoms with E-state index in [4.69, 9.17) is 15.9 Å². The van der Waals surface area contributed by atoms with Crippen LogP contribution in [0, 0.1) is 5.92 Å². The molecule has 0 aliphatic heterocycles. The summed E-state index contributed by atoms with van der Waals surface area (Å²) in [7, 11) is 0. The minimum Gasteiger partial charge on any atom is -0.481 e. The first-order chi connectivity index (χ1) is 6.49. The SMILES string of the molecule is N[C@@H](C[C@H](CCCF)C(=O)O)C(=O)O. The molecule has 0 bridgehead atoms. The minimum absolute atomic E-state index is 0.114. The van der Waals surface area contributed by atoms with E-state index in [2.05, 4.69) is 0 Å². The lowest BCUT2D eigenvalue weighted by Gasteiger charge is -2.13. The number of halogens is 1. The van der Waals surface area contributed by atoms with Crippen molar-refractivity contribution in [1.29, 1.82) is 0 Å². The third kappa shape index (κ3) is 4.76. The summed E-state index contributed by atoms with van der Waals surface area (Å²) >= 11 is 0. The number of carboxylic acid groups (broad SMARTS) is 2. The maximum Gasteiger partial charge on any atom is 0.320 e. The highest BCUT2D eigenvalue weighted by Crippen LogP contribution is 2.13. The van der Waals surface area contributed by atoms with Gasteiger partial charge in [0.25, 0.3) is 0 Å². The Hall–Kier alpha value is -1.17. The summed E-state index contributed by atoms with van der Waals surface area (Å²) in [6, 6.07) is -1.20. The van der Waals surface area contributed by atoms with Crippen molar-refractivity contribution in [2.75, 3.05) is 6.67 Å². The molecule has 0 rings (SSSR count). The Morgan fingerprint density at radius 3 is 2.21 bits per heavy atom. The quantitative estimate of drug-likeness (QED) is 0.555. The molecule has 0 amide bonds. The third-order valence-corrected chi connectivity index (χ3v) is 1.89. The fourth-order valence-corrected chi connectivity index (χ4v) is 1.07. The van der Waals surface area contributed by atoms with E-state index in [0.717, 1.165) is 0 Å². The Balaban J connectivity index is 4.08. The number of hydrogen-bond acceptors (Lipinski definition) is 3. The number of hydrogen-bond donors (Lipinski definition) is 3. The Morgan fingerprint density at radius 1 is 1.29 bits per heavy atom. The first kappa shape index (κ1) is 12.8. The fraction of sp³-hybridized carbons (Fsp3) is 0.750. The van der Waals surface area contributed by atoms with Crippen LogP contribution in [0.3, 0.4) is 0 Å². The molecule has 0 fully saturated rings. The molecule has 0 radical (unpaired) electrons. The van der Waals surface area contributed by atoms with Crippen LogP contribution in [0.15, 0.2) is 0 Å². The highest BCUT2D eigenvalue weighted by Gasteiger charge is 2.23. The number of alkyl halides is 1. The summed E-state index contributed by atoms with van der Waals surface area (Å²) in [5, 5.41) is 17.1. The maximum absolute atomic E-state index is 11.8. The van der Waals surface area contributed by atoms with E-state index in [9.17, 15) is 14.0 Å². The summed E-state index contributed by atoms with van der Waals surface area (Å²) in [5.41, 5.74) is 5.17. The van der Waals surface area contributed by atoms with Crippen molar-refractivity contribution in [3.63, 3.8) is 0 Å². The number of nitrogens with two attached hydrogens (primary N) is 1. The van der Waals surface area contributed by atoms with Gasteiger partial charge in [-0.25, -0.2) is 0 Å². The van der Waals surface area contributed by atoms with Gasteiger partial charge in [-0.1, -0.05) is 0 Å². The Bertz CT molecular complexity index is 210. The minimum atomic E-state index is -1.24. The predicted molar refractivity (Wildman–Crippen MR) is 46.6 cm³/mol. The summed E-state index contributed by atoms with van der Waals surface area (Å²) in [6.07, 6.45) is 0.0702. The monoisotopic (exact) mass is 207 g/mol. The molecule has 0 spiro atoms. The second kappa shape index (κ2) is 6.31. The zero-order valence-corrected chi connectivity index (χ0v) is 7.65. The van der Waals surface area contributed by atoms with Crippen LogP contribution in [0.4, 0.5) is 4.39 Å². The van der Waals surface area contributed by atoms with Gasteiger partial charge in [0.2, 0.25) is 0 Å². The molecular weight excluding hydrogens is 193 g/mol. The molecule has 14 heavy (non-hydrogen) atoms. The van der Waals surface area contributed by atoms with Crippen LogP contribution in [0.1, 0.15) is 19.3 Å². The molecule has 6 heteroatoms. The number of carboxylic acids is 2. The lowest BCUT2D eigenvalue weighted by Crippen LogP contribution is -2.34. The third-order valence-electron chi connectivity index (χ3n) is 1.89. The highest BCUT2D eigenvalue weighted by molar-refractivity contribution is 5.75. The summed E-state index contributed by atoms with van der Waals surface area (Å²) in [4.78, 5) is 20.9. The van der Waals surface area contributed by atoms with Gasteiger partial charge in [-0.15, -0.1) is 0 Å². The molecule has 0 aliphatic rings. The Kier molecular flexibility index (Phi) is 5.78. The maximum atomic E-state index is 11.8. The highest BCUT2D eigenvalue weighted by atomic mass is 19.1. The number of rotatable bonds is 7. The van der Waals surface area contributed by atoms with Gasteiger partial charge >= 0.3 is 11.9 Å². The first-order valence-electron chi connectivity index (χ1n) is 4.26. The molecular formula is C8H14FNO4. The zero-order chi connectivity index (χ0) is 11.1. The molecule has 0 aromatic rings. The fourth-order valence-electron chi connectivity index (χ4n) is 1.07. The molecule has 0 aliphatic carbocycles. The van der Waals surface area contributed by atoms with Crippen molar-refractivity contribution < 1.29 is 24.2 Å². The van der Waals surface area contributed by atoms with Gasteiger partial charge in [-0.05, 0) is 19.3 Å². The molecule has 0 aromatic carbocycles. The zero-order valence-electron chi connectivity index (χ0n) is 7.65. The molecule has 5 nitrogen and oxygen atoms in total.